The predicted octanol–water partition coefficient (Wildman–Crippen LogP) is 0.318. The molecule has 18 heavy (non-hydrogen) atoms. The monoisotopic (exact) mass is 288 g/mol. The number of hydrogen-bond acceptors (Lipinski definition) is 6. The third kappa shape index (κ3) is 4.79. The number of nitrogens with zero attached hydrogens (tertiary/aromatic N) is 2. The molecule has 98 valence electrons. The first-order valence-corrected chi connectivity index (χ1v) is 7.39. The van der Waals surface area contributed by atoms with E-state index in [1.54, 1.807) is 0 Å². The molecule has 1 rings (SSSR count). The second-order valence-corrected chi connectivity index (χ2v) is 6.09. The van der Waals surface area contributed by atoms with Crippen molar-refractivity contribution in [3.05, 3.63) is 0 Å². The lowest BCUT2D eigenvalue weighted by Crippen LogP contribution is -2.11. The van der Waals surface area contributed by atoms with E-state index in [0.717, 1.165) is 6.42 Å². The number of nitrogens with two attached hydrogens (primary N) is 1. The summed E-state index contributed by atoms with van der Waals surface area (Å²) in [7, 11) is -3.87. The fourth-order valence-corrected chi connectivity index (χ4v) is 2.42. The Hall–Kier alpha value is -1.50. The first-order chi connectivity index (χ1) is 8.43. The summed E-state index contributed by atoms with van der Waals surface area (Å²) in [5.41, 5.74) is 0. The zero-order valence-electron chi connectivity index (χ0n) is 9.42. The van der Waals surface area contributed by atoms with Crippen molar-refractivity contribution in [3.63, 3.8) is 0 Å². The number of anilines is 1. The zero-order chi connectivity index (χ0) is 13.6. The SMILES string of the molecule is C#CCCCCC(=O)Nc1nnc(S(N)(=O)=O)s1. The summed E-state index contributed by atoms with van der Waals surface area (Å²) in [5, 5.41) is 14.3. The maximum atomic E-state index is 11.4. The quantitative estimate of drug-likeness (QED) is 0.444. The predicted molar refractivity (Wildman–Crippen MR) is 67.2 cm³/mol. The lowest BCUT2D eigenvalue weighted by Gasteiger charge is -1.99. The smallest absolute Gasteiger partial charge is 0.267 e. The van der Waals surface area contributed by atoms with Crippen molar-refractivity contribution in [3.8, 4) is 12.3 Å². The molecular weight excluding hydrogens is 276 g/mol. The van der Waals surface area contributed by atoms with Crippen molar-refractivity contribution in [1.29, 1.82) is 0 Å². The van der Waals surface area contributed by atoms with Gasteiger partial charge < -0.3 is 5.32 Å². The normalized spacial score (nSPS) is 10.9. The maximum Gasteiger partial charge on any atom is 0.267 e. The molecule has 0 bridgehead atoms. The van der Waals surface area contributed by atoms with E-state index in [0.29, 0.717) is 30.6 Å². The average molecular weight is 288 g/mol. The molecule has 0 saturated heterocycles. The third-order valence-corrected chi connectivity index (χ3v) is 4.02. The Kier molecular flexibility index (Phi) is 5.21. The lowest BCUT2D eigenvalue weighted by molar-refractivity contribution is -0.116. The molecule has 0 aliphatic heterocycles. The second-order valence-electron chi connectivity index (χ2n) is 3.38. The summed E-state index contributed by atoms with van der Waals surface area (Å²) in [5.74, 6) is 2.22. The van der Waals surface area contributed by atoms with Crippen LogP contribution >= 0.6 is 11.3 Å². The van der Waals surface area contributed by atoms with Crippen molar-refractivity contribution >= 4 is 32.4 Å². The molecule has 7 nitrogen and oxygen atoms in total. The largest absolute Gasteiger partial charge is 0.301 e. The van der Waals surface area contributed by atoms with Gasteiger partial charge in [0.05, 0.1) is 0 Å². The molecule has 0 atom stereocenters. The maximum absolute atomic E-state index is 11.4. The molecular formula is C9H12N4O3S2. The van der Waals surface area contributed by atoms with Crippen LogP contribution in [0.15, 0.2) is 4.34 Å². The number of hydrogen-bond donors (Lipinski definition) is 2. The number of primary sulfonamides is 1. The molecule has 0 saturated carbocycles. The Balaban J connectivity index is 2.46. The molecule has 0 fully saturated rings. The summed E-state index contributed by atoms with van der Waals surface area (Å²) in [6.45, 7) is 0. The van der Waals surface area contributed by atoms with Gasteiger partial charge in [0.25, 0.3) is 10.0 Å². The summed E-state index contributed by atoms with van der Waals surface area (Å²) in [6.07, 6.45) is 7.43. The van der Waals surface area contributed by atoms with E-state index in [1.807, 2.05) is 0 Å². The van der Waals surface area contributed by atoms with Gasteiger partial charge in [-0.25, -0.2) is 13.6 Å². The molecule has 0 aliphatic carbocycles. The average Bonchev–Trinajstić information content (AvgIpc) is 2.72. The fourth-order valence-electron chi connectivity index (χ4n) is 1.07. The molecule has 1 heterocycles. The van der Waals surface area contributed by atoms with Crippen LogP contribution in [0.2, 0.25) is 0 Å². The van der Waals surface area contributed by atoms with Gasteiger partial charge in [-0.3, -0.25) is 4.79 Å². The Bertz CT molecular complexity index is 559. The molecule has 1 amide bonds. The molecule has 3 N–H and O–H groups in total. The Labute approximate surface area is 109 Å². The van der Waals surface area contributed by atoms with Crippen molar-refractivity contribution < 1.29 is 13.2 Å². The van der Waals surface area contributed by atoms with Gasteiger partial charge >= 0.3 is 0 Å². The topological polar surface area (TPSA) is 115 Å². The Morgan fingerprint density at radius 2 is 2.17 bits per heavy atom. The molecule has 1 aromatic heterocycles. The molecule has 0 spiro atoms. The van der Waals surface area contributed by atoms with Crippen LogP contribution in [0, 0.1) is 12.3 Å². The highest BCUT2D eigenvalue weighted by Gasteiger charge is 2.16. The Morgan fingerprint density at radius 3 is 2.72 bits per heavy atom. The third-order valence-electron chi connectivity index (χ3n) is 1.87. The van der Waals surface area contributed by atoms with Gasteiger partial charge in [0.15, 0.2) is 0 Å². The van der Waals surface area contributed by atoms with Crippen LogP contribution in [0.4, 0.5) is 5.13 Å². The first kappa shape index (κ1) is 14.6. The van der Waals surface area contributed by atoms with E-state index in [9.17, 15) is 13.2 Å². The van der Waals surface area contributed by atoms with E-state index in [1.165, 1.54) is 0 Å². The standard InChI is InChI=1S/C9H12N4O3S2/c1-2-3-4-5-6-7(14)11-8-12-13-9(17-8)18(10,15)16/h1H,3-6H2,(H2,10,15,16)(H,11,12,14). The highest BCUT2D eigenvalue weighted by atomic mass is 32.2. The first-order valence-electron chi connectivity index (χ1n) is 5.03. The van der Waals surface area contributed by atoms with Crippen molar-refractivity contribution in [2.24, 2.45) is 5.14 Å². The van der Waals surface area contributed by atoms with Crippen molar-refractivity contribution in [1.82, 2.24) is 10.2 Å². The van der Waals surface area contributed by atoms with Crippen molar-refractivity contribution in [2.75, 3.05) is 5.32 Å². The molecule has 0 aliphatic rings. The zero-order valence-corrected chi connectivity index (χ0v) is 11.1. The highest BCUT2D eigenvalue weighted by Crippen LogP contribution is 2.18. The number of sulfonamides is 1. The van der Waals surface area contributed by atoms with Gasteiger partial charge in [0.2, 0.25) is 15.4 Å². The van der Waals surface area contributed by atoms with Crippen LogP contribution in [0.25, 0.3) is 0 Å². The minimum Gasteiger partial charge on any atom is -0.301 e. The van der Waals surface area contributed by atoms with Crippen molar-refractivity contribution in [2.45, 2.75) is 30.0 Å². The van der Waals surface area contributed by atoms with Crippen LogP contribution in [0.1, 0.15) is 25.7 Å². The van der Waals surface area contributed by atoms with E-state index in [-0.39, 0.29) is 15.4 Å². The van der Waals surface area contributed by atoms with E-state index < -0.39 is 10.0 Å². The number of amides is 1. The van der Waals surface area contributed by atoms with Crippen LogP contribution in [0.5, 0.6) is 0 Å². The molecule has 0 aromatic carbocycles. The van der Waals surface area contributed by atoms with Gasteiger partial charge in [-0.05, 0) is 12.8 Å². The fraction of sp³-hybridized carbons (Fsp3) is 0.444. The molecule has 0 unspecified atom stereocenters. The minimum atomic E-state index is -3.87. The lowest BCUT2D eigenvalue weighted by atomic mass is 10.2. The van der Waals surface area contributed by atoms with Gasteiger partial charge in [-0.1, -0.05) is 11.3 Å². The van der Waals surface area contributed by atoms with Gasteiger partial charge in [-0.2, -0.15) is 0 Å². The number of terminal acetylenes is 1. The summed E-state index contributed by atoms with van der Waals surface area (Å²) < 4.78 is 21.5. The van der Waals surface area contributed by atoms with Crippen LogP contribution < -0.4 is 10.5 Å². The highest BCUT2D eigenvalue weighted by molar-refractivity contribution is 7.91. The number of rotatable bonds is 6. The number of carbonyl (C=O) groups excluding carboxylic acids is 1. The molecule has 0 radical (unpaired) electrons. The summed E-state index contributed by atoms with van der Waals surface area (Å²) in [6, 6.07) is 0. The van der Waals surface area contributed by atoms with Gasteiger partial charge in [-0.15, -0.1) is 22.5 Å². The van der Waals surface area contributed by atoms with Gasteiger partial charge in [0.1, 0.15) is 0 Å². The molecule has 9 heteroatoms. The number of aromatic nitrogens is 2. The molecule has 1 aromatic rings. The summed E-state index contributed by atoms with van der Waals surface area (Å²) >= 11 is 0.712. The number of nitrogens with one attached hydrogen (secondary N) is 1. The van der Waals surface area contributed by atoms with E-state index in [4.69, 9.17) is 11.6 Å². The summed E-state index contributed by atoms with van der Waals surface area (Å²) in [4.78, 5) is 11.4. The Morgan fingerprint density at radius 1 is 1.44 bits per heavy atom. The van der Waals surface area contributed by atoms with Crippen LogP contribution in [-0.4, -0.2) is 24.5 Å². The van der Waals surface area contributed by atoms with Crippen LogP contribution in [-0.2, 0) is 14.8 Å². The van der Waals surface area contributed by atoms with E-state index >= 15 is 0 Å². The van der Waals surface area contributed by atoms with Crippen LogP contribution in [0.3, 0.4) is 0 Å². The second kappa shape index (κ2) is 6.44. The van der Waals surface area contributed by atoms with E-state index in [2.05, 4.69) is 21.4 Å². The van der Waals surface area contributed by atoms with Gasteiger partial charge in [0, 0.05) is 12.8 Å². The number of carbonyl (C=O) groups is 1. The number of unbranched alkanes of at least 4 members (excludes halogenated alkanes) is 2. The minimum absolute atomic E-state index is 0.112.